The summed E-state index contributed by atoms with van der Waals surface area (Å²) >= 11 is 0. The van der Waals surface area contributed by atoms with E-state index in [-0.39, 0.29) is 24.0 Å². The highest BCUT2D eigenvalue weighted by Crippen LogP contribution is 2.32. The second kappa shape index (κ2) is 7.66. The maximum atomic E-state index is 12.5. The number of carbonyl (C=O) groups excluding carboxylic acids is 1. The molecule has 3 aromatic rings. The summed E-state index contributed by atoms with van der Waals surface area (Å²) in [5.41, 5.74) is 0.903. The molecule has 1 N–H and O–H groups in total. The number of ether oxygens (including phenoxy) is 1. The molecule has 5 nitrogen and oxygen atoms in total. The second-order valence-electron chi connectivity index (χ2n) is 7.52. The van der Waals surface area contributed by atoms with Gasteiger partial charge in [-0.15, -0.1) is 0 Å². The molecule has 1 heterocycles. The van der Waals surface area contributed by atoms with Crippen LogP contribution < -0.4 is 15.7 Å². The summed E-state index contributed by atoms with van der Waals surface area (Å²) < 4.78 is 10.7. The zero-order valence-corrected chi connectivity index (χ0v) is 15.7. The highest BCUT2D eigenvalue weighted by molar-refractivity contribution is 5.79. The fourth-order valence-electron chi connectivity index (χ4n) is 2.93. The first-order chi connectivity index (χ1) is 12.8. The van der Waals surface area contributed by atoms with Gasteiger partial charge in [0.15, 0.2) is 6.61 Å². The minimum Gasteiger partial charge on any atom is -0.484 e. The van der Waals surface area contributed by atoms with Crippen molar-refractivity contribution in [3.63, 3.8) is 0 Å². The van der Waals surface area contributed by atoms with Crippen molar-refractivity contribution < 1.29 is 13.9 Å². The van der Waals surface area contributed by atoms with E-state index in [0.717, 1.165) is 10.9 Å². The van der Waals surface area contributed by atoms with Crippen LogP contribution in [0.3, 0.4) is 0 Å². The number of hydrogen-bond acceptors (Lipinski definition) is 4. The lowest BCUT2D eigenvalue weighted by molar-refractivity contribution is -0.124. The van der Waals surface area contributed by atoms with Crippen molar-refractivity contribution in [1.82, 2.24) is 5.32 Å². The lowest BCUT2D eigenvalue weighted by Crippen LogP contribution is -2.39. The third-order valence-corrected chi connectivity index (χ3v) is 4.27. The maximum absolute atomic E-state index is 12.5. The van der Waals surface area contributed by atoms with Crippen LogP contribution in [0.25, 0.3) is 11.0 Å². The molecule has 1 atom stereocenters. The van der Waals surface area contributed by atoms with Gasteiger partial charge in [-0.1, -0.05) is 51.1 Å². The lowest BCUT2D eigenvalue weighted by atomic mass is 9.82. The molecule has 0 aliphatic rings. The maximum Gasteiger partial charge on any atom is 0.336 e. The minimum atomic E-state index is -0.423. The number of hydrogen-bond donors (Lipinski definition) is 1. The van der Waals surface area contributed by atoms with E-state index >= 15 is 0 Å². The van der Waals surface area contributed by atoms with Crippen molar-refractivity contribution in [2.75, 3.05) is 6.61 Å². The summed E-state index contributed by atoms with van der Waals surface area (Å²) in [5, 5.41) is 3.85. The zero-order valence-electron chi connectivity index (χ0n) is 15.7. The number of benzene rings is 2. The molecule has 0 bridgehead atoms. The van der Waals surface area contributed by atoms with E-state index < -0.39 is 5.63 Å². The Bertz CT molecular complexity index is 986. The first-order valence-electron chi connectivity index (χ1n) is 8.84. The summed E-state index contributed by atoms with van der Waals surface area (Å²) in [7, 11) is 0. The fraction of sp³-hybridized carbons (Fsp3) is 0.273. The van der Waals surface area contributed by atoms with Gasteiger partial charge in [-0.3, -0.25) is 4.79 Å². The highest BCUT2D eigenvalue weighted by Gasteiger charge is 2.27. The molecule has 0 fully saturated rings. The molecule has 0 aliphatic carbocycles. The lowest BCUT2D eigenvalue weighted by Gasteiger charge is -2.32. The standard InChI is InChI=1S/C22H23NO4/c1-22(2,3)21(16-7-5-4-6-8-16)23-19(24)14-26-17-11-9-15-10-12-20(25)27-18(15)13-17/h4-13,21H,14H2,1-3H3,(H,23,24). The Labute approximate surface area is 158 Å². The molecule has 3 rings (SSSR count). The predicted octanol–water partition coefficient (Wildman–Crippen LogP) is 4.08. The van der Waals surface area contributed by atoms with Crippen molar-refractivity contribution in [2.24, 2.45) is 5.41 Å². The van der Waals surface area contributed by atoms with E-state index in [1.165, 1.54) is 6.07 Å². The van der Waals surface area contributed by atoms with Gasteiger partial charge in [0, 0.05) is 17.5 Å². The summed E-state index contributed by atoms with van der Waals surface area (Å²) in [5.74, 6) is 0.257. The molecule has 2 aromatic carbocycles. The molecule has 1 amide bonds. The average Bonchev–Trinajstić information content (AvgIpc) is 2.64. The molecule has 5 heteroatoms. The summed E-state index contributed by atoms with van der Waals surface area (Å²) in [6.45, 7) is 6.12. The zero-order chi connectivity index (χ0) is 19.4. The van der Waals surface area contributed by atoms with E-state index in [1.807, 2.05) is 30.3 Å². The van der Waals surface area contributed by atoms with Gasteiger partial charge in [-0.25, -0.2) is 4.79 Å². The third kappa shape index (κ3) is 4.76. The van der Waals surface area contributed by atoms with Gasteiger partial charge >= 0.3 is 5.63 Å². The number of nitrogens with one attached hydrogen (secondary N) is 1. The first-order valence-corrected chi connectivity index (χ1v) is 8.84. The Morgan fingerprint density at radius 1 is 1.07 bits per heavy atom. The molecule has 1 aromatic heterocycles. The smallest absolute Gasteiger partial charge is 0.336 e. The van der Waals surface area contributed by atoms with Crippen LogP contribution in [0.5, 0.6) is 5.75 Å². The SMILES string of the molecule is CC(C)(C)C(NC(=O)COc1ccc2ccc(=O)oc2c1)c1ccccc1. The van der Waals surface area contributed by atoms with E-state index in [2.05, 4.69) is 26.1 Å². The Morgan fingerprint density at radius 2 is 1.78 bits per heavy atom. The quantitative estimate of drug-likeness (QED) is 0.692. The average molecular weight is 365 g/mol. The van der Waals surface area contributed by atoms with Gasteiger partial charge in [-0.2, -0.15) is 0 Å². The van der Waals surface area contributed by atoms with Crippen molar-refractivity contribution in [3.05, 3.63) is 76.6 Å². The van der Waals surface area contributed by atoms with E-state index in [4.69, 9.17) is 9.15 Å². The van der Waals surface area contributed by atoms with Crippen LogP contribution in [0, 0.1) is 5.41 Å². The molecule has 0 saturated heterocycles. The molecule has 1 unspecified atom stereocenters. The van der Waals surface area contributed by atoms with E-state index in [0.29, 0.717) is 11.3 Å². The number of carbonyl (C=O) groups is 1. The topological polar surface area (TPSA) is 68.5 Å². The van der Waals surface area contributed by atoms with Crippen LogP contribution in [0.4, 0.5) is 0 Å². The van der Waals surface area contributed by atoms with Gasteiger partial charge in [0.05, 0.1) is 6.04 Å². The predicted molar refractivity (Wildman–Crippen MR) is 105 cm³/mol. The number of fused-ring (bicyclic) bond motifs is 1. The Balaban J connectivity index is 1.68. The van der Waals surface area contributed by atoms with Gasteiger partial charge in [-0.05, 0) is 29.2 Å². The molecule has 0 spiro atoms. The van der Waals surface area contributed by atoms with Gasteiger partial charge in [0.2, 0.25) is 0 Å². The Hall–Kier alpha value is -3.08. The molecule has 140 valence electrons. The minimum absolute atomic E-state index is 0.123. The van der Waals surface area contributed by atoms with Crippen LogP contribution in [0.1, 0.15) is 32.4 Å². The molecule has 0 radical (unpaired) electrons. The van der Waals surface area contributed by atoms with Crippen molar-refractivity contribution in [1.29, 1.82) is 0 Å². The van der Waals surface area contributed by atoms with Crippen LogP contribution in [0.15, 0.2) is 69.9 Å². The fourth-order valence-corrected chi connectivity index (χ4v) is 2.93. The van der Waals surface area contributed by atoms with Crippen LogP contribution in [0.2, 0.25) is 0 Å². The van der Waals surface area contributed by atoms with Crippen LogP contribution in [-0.2, 0) is 4.79 Å². The number of amides is 1. The Morgan fingerprint density at radius 3 is 2.48 bits per heavy atom. The van der Waals surface area contributed by atoms with Crippen LogP contribution >= 0.6 is 0 Å². The normalized spacial score (nSPS) is 12.6. The molecule has 0 saturated carbocycles. The summed E-state index contributed by atoms with van der Waals surface area (Å²) in [4.78, 5) is 23.8. The van der Waals surface area contributed by atoms with E-state index in [1.54, 1.807) is 24.3 Å². The van der Waals surface area contributed by atoms with Crippen molar-refractivity contribution >= 4 is 16.9 Å². The molecule has 0 aliphatic heterocycles. The third-order valence-electron chi connectivity index (χ3n) is 4.27. The van der Waals surface area contributed by atoms with Gasteiger partial charge in [0.1, 0.15) is 11.3 Å². The molecule has 27 heavy (non-hydrogen) atoms. The van der Waals surface area contributed by atoms with Gasteiger partial charge < -0.3 is 14.5 Å². The van der Waals surface area contributed by atoms with Gasteiger partial charge in [0.25, 0.3) is 5.91 Å². The van der Waals surface area contributed by atoms with Crippen molar-refractivity contribution in [2.45, 2.75) is 26.8 Å². The number of rotatable bonds is 5. The Kier molecular flexibility index (Phi) is 5.31. The highest BCUT2D eigenvalue weighted by atomic mass is 16.5. The largest absolute Gasteiger partial charge is 0.484 e. The monoisotopic (exact) mass is 365 g/mol. The van der Waals surface area contributed by atoms with E-state index in [9.17, 15) is 9.59 Å². The van der Waals surface area contributed by atoms with Crippen LogP contribution in [-0.4, -0.2) is 12.5 Å². The first kappa shape index (κ1) is 18.7. The summed E-state index contributed by atoms with van der Waals surface area (Å²) in [6, 6.07) is 17.9. The second-order valence-corrected chi connectivity index (χ2v) is 7.52. The van der Waals surface area contributed by atoms with Crippen molar-refractivity contribution in [3.8, 4) is 5.75 Å². The molecular formula is C22H23NO4. The summed E-state index contributed by atoms with van der Waals surface area (Å²) in [6.07, 6.45) is 0. The molecular weight excluding hydrogens is 342 g/mol.